The van der Waals surface area contributed by atoms with E-state index < -0.39 is 0 Å². The van der Waals surface area contributed by atoms with E-state index in [0.717, 1.165) is 42.8 Å². The van der Waals surface area contributed by atoms with Crippen LogP contribution >= 0.6 is 0 Å². The van der Waals surface area contributed by atoms with Gasteiger partial charge in [0.25, 0.3) is 5.91 Å². The molecular weight excluding hydrogens is 552 g/mol. The molecule has 1 saturated heterocycles. The fourth-order valence-corrected chi connectivity index (χ4v) is 5.21. The van der Waals surface area contributed by atoms with E-state index in [1.807, 2.05) is 49.4 Å². The van der Waals surface area contributed by atoms with Crippen molar-refractivity contribution in [3.05, 3.63) is 120 Å². The molecule has 4 rings (SSSR count). The summed E-state index contributed by atoms with van der Waals surface area (Å²) in [5.41, 5.74) is 4.93. The summed E-state index contributed by atoms with van der Waals surface area (Å²) in [7, 11) is 3.34. The van der Waals surface area contributed by atoms with Crippen LogP contribution in [0.3, 0.4) is 0 Å². The first kappa shape index (κ1) is 33.9. The Balaban J connectivity index is 0.000000512. The molecule has 1 amide bonds. The lowest BCUT2D eigenvalue weighted by atomic mass is 9.74. The van der Waals surface area contributed by atoms with Crippen molar-refractivity contribution in [2.24, 2.45) is 4.99 Å². The van der Waals surface area contributed by atoms with E-state index >= 15 is 0 Å². The first-order valence-electron chi connectivity index (χ1n) is 14.9. The molecule has 0 bridgehead atoms. The van der Waals surface area contributed by atoms with Crippen molar-refractivity contribution in [2.45, 2.75) is 44.7 Å². The van der Waals surface area contributed by atoms with Gasteiger partial charge in [0, 0.05) is 49.6 Å². The highest BCUT2D eigenvalue weighted by atomic mass is 16.5. The second kappa shape index (κ2) is 17.5. The van der Waals surface area contributed by atoms with Gasteiger partial charge in [-0.15, -0.1) is 0 Å². The molecule has 0 radical (unpaired) electrons. The molecule has 8 heteroatoms. The van der Waals surface area contributed by atoms with Crippen LogP contribution in [0.2, 0.25) is 0 Å². The van der Waals surface area contributed by atoms with Crippen molar-refractivity contribution >= 4 is 23.5 Å². The smallest absolute Gasteiger partial charge is 0.251 e. The van der Waals surface area contributed by atoms with Gasteiger partial charge >= 0.3 is 0 Å². The quantitative estimate of drug-likeness (QED) is 0.132. The standard InChI is InChI=1S/C29H35N3O3.C7H11NO/c1-4-26(33)23(17-20(2)3)27-31-24-12-11-21(18-25(24)32-27)28(34)30-19-29(13-8-15-35-16-14-29)22-9-6-5-7-10-22;1-8-6-4-3-5-7-9-2/h4-7,9-12,17-18,27,31-33H,2,8,13-16,19H2,1,3H3,(H,30,34);3-7H,1-2H3/b23-17+,26-4+;4-3-,7-5+,8-6?. The molecule has 1 fully saturated rings. The lowest BCUT2D eigenvalue weighted by Crippen LogP contribution is -2.41. The van der Waals surface area contributed by atoms with E-state index in [0.29, 0.717) is 24.3 Å². The van der Waals surface area contributed by atoms with Crippen LogP contribution in [0.5, 0.6) is 0 Å². The number of ether oxygens (including phenoxy) is 2. The van der Waals surface area contributed by atoms with Crippen LogP contribution in [0.25, 0.3) is 0 Å². The second-order valence-electron chi connectivity index (χ2n) is 10.8. The molecule has 0 aromatic heterocycles. The van der Waals surface area contributed by atoms with Gasteiger partial charge in [-0.2, -0.15) is 0 Å². The number of carbonyl (C=O) groups excluding carboxylic acids is 1. The number of hydrogen-bond acceptors (Lipinski definition) is 7. The average molecular weight is 599 g/mol. The number of nitrogens with zero attached hydrogens (tertiary/aromatic N) is 1. The number of benzene rings is 2. The highest BCUT2D eigenvalue weighted by Gasteiger charge is 2.34. The van der Waals surface area contributed by atoms with Gasteiger partial charge in [0.05, 0.1) is 24.7 Å². The zero-order valence-corrected chi connectivity index (χ0v) is 26.3. The number of carbonyl (C=O) groups is 1. The second-order valence-corrected chi connectivity index (χ2v) is 10.8. The largest absolute Gasteiger partial charge is 0.508 e. The minimum atomic E-state index is -0.316. The SMILES string of the molecule is C=C(C)/C=C(\C(O)=C/C)C1Nc2ccc(C(=O)NCC3(c4ccccc4)CCCOCC3)cc2N1.CN=C/C=C\C=C\OC. The third-order valence-electron chi connectivity index (χ3n) is 7.48. The number of nitrogens with one attached hydrogen (secondary N) is 3. The Kier molecular flexibility index (Phi) is 13.5. The molecule has 2 aromatic carbocycles. The third-order valence-corrected chi connectivity index (χ3v) is 7.48. The molecule has 234 valence electrons. The number of hydrogen-bond donors (Lipinski definition) is 4. The topological polar surface area (TPSA) is 104 Å². The van der Waals surface area contributed by atoms with Gasteiger partial charge in [0.15, 0.2) is 0 Å². The molecule has 2 heterocycles. The number of allylic oxidation sites excluding steroid dienone is 6. The van der Waals surface area contributed by atoms with Gasteiger partial charge in [-0.1, -0.05) is 48.6 Å². The zero-order valence-electron chi connectivity index (χ0n) is 26.3. The summed E-state index contributed by atoms with van der Waals surface area (Å²) in [6.45, 7) is 9.62. The van der Waals surface area contributed by atoms with Crippen LogP contribution < -0.4 is 16.0 Å². The summed E-state index contributed by atoms with van der Waals surface area (Å²) in [6.07, 6.45) is 14.8. The van der Waals surface area contributed by atoms with E-state index in [1.165, 1.54) is 5.56 Å². The minimum absolute atomic E-state index is 0.104. The fourth-order valence-electron chi connectivity index (χ4n) is 5.21. The molecule has 44 heavy (non-hydrogen) atoms. The summed E-state index contributed by atoms with van der Waals surface area (Å²) in [4.78, 5) is 16.9. The van der Waals surface area contributed by atoms with Crippen LogP contribution in [0.1, 0.15) is 49.0 Å². The van der Waals surface area contributed by atoms with Crippen molar-refractivity contribution < 1.29 is 19.4 Å². The molecule has 2 aliphatic heterocycles. The van der Waals surface area contributed by atoms with Crippen molar-refractivity contribution in [1.82, 2.24) is 5.32 Å². The Morgan fingerprint density at radius 3 is 2.61 bits per heavy atom. The summed E-state index contributed by atoms with van der Waals surface area (Å²) in [6, 6.07) is 16.0. The Bertz CT molecular complexity index is 1380. The Labute approximate surface area is 262 Å². The molecule has 0 saturated carbocycles. The van der Waals surface area contributed by atoms with E-state index in [-0.39, 0.29) is 23.2 Å². The van der Waals surface area contributed by atoms with Crippen molar-refractivity contribution in [3.8, 4) is 0 Å². The van der Waals surface area contributed by atoms with Gasteiger partial charge in [0.1, 0.15) is 11.9 Å². The summed E-state index contributed by atoms with van der Waals surface area (Å²) < 4.78 is 10.4. The number of methoxy groups -OCH3 is 1. The predicted octanol–water partition coefficient (Wildman–Crippen LogP) is 7.09. The van der Waals surface area contributed by atoms with Crippen LogP contribution in [0.4, 0.5) is 11.4 Å². The zero-order chi connectivity index (χ0) is 31.8. The van der Waals surface area contributed by atoms with E-state index in [1.54, 1.807) is 45.7 Å². The molecule has 8 nitrogen and oxygen atoms in total. The summed E-state index contributed by atoms with van der Waals surface area (Å²) >= 11 is 0. The third kappa shape index (κ3) is 9.74. The summed E-state index contributed by atoms with van der Waals surface area (Å²) in [5.74, 6) is 0.0786. The van der Waals surface area contributed by atoms with E-state index in [2.05, 4.69) is 56.5 Å². The molecule has 0 spiro atoms. The number of anilines is 2. The molecule has 2 atom stereocenters. The maximum atomic E-state index is 13.2. The molecule has 2 aromatic rings. The lowest BCUT2D eigenvalue weighted by molar-refractivity contribution is 0.0937. The Morgan fingerprint density at radius 1 is 1.14 bits per heavy atom. The normalized spacial score (nSPS) is 20.3. The number of fused-ring (bicyclic) bond motifs is 1. The van der Waals surface area contributed by atoms with Gasteiger partial charge in [-0.25, -0.2) is 0 Å². The molecular formula is C36H46N4O4. The van der Waals surface area contributed by atoms with E-state index in [9.17, 15) is 9.90 Å². The van der Waals surface area contributed by atoms with E-state index in [4.69, 9.17) is 4.74 Å². The van der Waals surface area contributed by atoms with Crippen molar-refractivity contribution in [3.63, 3.8) is 0 Å². The number of aliphatic hydroxyl groups excluding tert-OH is 1. The van der Waals surface area contributed by atoms with Crippen molar-refractivity contribution in [2.75, 3.05) is 44.5 Å². The van der Waals surface area contributed by atoms with Gasteiger partial charge in [0.2, 0.25) is 0 Å². The van der Waals surface area contributed by atoms with Crippen LogP contribution in [0, 0.1) is 0 Å². The first-order chi connectivity index (χ1) is 21.3. The number of rotatable bonds is 10. The lowest BCUT2D eigenvalue weighted by Gasteiger charge is -2.33. The Hall–Kier alpha value is -4.56. The molecule has 2 unspecified atom stereocenters. The highest BCUT2D eigenvalue weighted by Crippen LogP contribution is 2.36. The van der Waals surface area contributed by atoms with Crippen LogP contribution in [-0.2, 0) is 14.9 Å². The monoisotopic (exact) mass is 598 g/mol. The minimum Gasteiger partial charge on any atom is -0.508 e. The van der Waals surface area contributed by atoms with Crippen molar-refractivity contribution in [1.29, 1.82) is 0 Å². The highest BCUT2D eigenvalue weighted by molar-refractivity contribution is 5.97. The molecule has 4 N–H and O–H groups in total. The maximum Gasteiger partial charge on any atom is 0.251 e. The fraction of sp³-hybridized carbons (Fsp3) is 0.333. The van der Waals surface area contributed by atoms with Crippen LogP contribution in [0.15, 0.2) is 114 Å². The average Bonchev–Trinajstić information content (AvgIpc) is 3.31. The predicted molar refractivity (Wildman–Crippen MR) is 182 cm³/mol. The molecule has 2 aliphatic rings. The van der Waals surface area contributed by atoms with Gasteiger partial charge in [-0.05, 0) is 81.2 Å². The summed E-state index contributed by atoms with van der Waals surface area (Å²) in [5, 5.41) is 20.3. The van der Waals surface area contributed by atoms with Gasteiger partial charge in [-0.3, -0.25) is 9.79 Å². The van der Waals surface area contributed by atoms with Crippen LogP contribution in [-0.4, -0.2) is 57.3 Å². The molecule has 0 aliphatic carbocycles. The number of amides is 1. The number of aliphatic hydroxyl groups is 1. The first-order valence-corrected chi connectivity index (χ1v) is 14.9. The maximum absolute atomic E-state index is 13.2. The number of aliphatic imine (C=N–C) groups is 1. The van der Waals surface area contributed by atoms with Gasteiger partial charge < -0.3 is 30.5 Å². The Morgan fingerprint density at radius 2 is 1.91 bits per heavy atom.